The van der Waals surface area contributed by atoms with E-state index >= 15 is 0 Å². The molecule has 250 valence electrons. The van der Waals surface area contributed by atoms with Crippen molar-refractivity contribution >= 4 is 9.84 Å². The number of aliphatic hydroxyl groups excluding tert-OH is 1. The quantitative estimate of drug-likeness (QED) is 0.313. The minimum atomic E-state index is -4.58. The molecule has 0 aromatic heterocycles. The van der Waals surface area contributed by atoms with Gasteiger partial charge in [-0.2, -0.15) is 13.2 Å². The summed E-state index contributed by atoms with van der Waals surface area (Å²) in [6, 6.07) is 8.62. The zero-order chi connectivity index (χ0) is 32.5. The second-order valence-electron chi connectivity index (χ2n) is 16.9. The first-order valence-electron chi connectivity index (χ1n) is 17.0. The van der Waals surface area contributed by atoms with Crippen LogP contribution in [0.1, 0.15) is 112 Å². The van der Waals surface area contributed by atoms with Crippen LogP contribution >= 0.6 is 0 Å². The fourth-order valence-electron chi connectivity index (χ4n) is 10.8. The average molecular weight is 641 g/mol. The molecule has 0 bridgehead atoms. The zero-order valence-electron chi connectivity index (χ0n) is 27.5. The number of benzene rings is 1. The van der Waals surface area contributed by atoms with Gasteiger partial charge in [0.1, 0.15) is 0 Å². The first-order valence-corrected chi connectivity index (χ1v) is 18.5. The first kappa shape index (κ1) is 34.2. The van der Waals surface area contributed by atoms with E-state index in [1.54, 1.807) is 24.3 Å². The van der Waals surface area contributed by atoms with Crippen molar-refractivity contribution in [3.8, 4) is 0 Å². The molecule has 8 heteroatoms. The van der Waals surface area contributed by atoms with Gasteiger partial charge in [-0.05, 0) is 135 Å². The van der Waals surface area contributed by atoms with E-state index in [0.717, 1.165) is 38.5 Å². The van der Waals surface area contributed by atoms with Crippen LogP contribution in [0.3, 0.4) is 0 Å². The highest BCUT2D eigenvalue weighted by Gasteiger charge is 2.65. The number of hydrogen-bond acceptors (Lipinski definition) is 4. The van der Waals surface area contributed by atoms with E-state index in [2.05, 4.69) is 20.8 Å². The number of sulfone groups is 1. The molecule has 0 spiro atoms. The molecular weight excluding hydrogens is 585 g/mol. The molecule has 0 aliphatic heterocycles. The van der Waals surface area contributed by atoms with Gasteiger partial charge >= 0.3 is 6.18 Å². The van der Waals surface area contributed by atoms with E-state index in [4.69, 9.17) is 0 Å². The number of halogens is 3. The Morgan fingerprint density at radius 1 is 0.886 bits per heavy atom. The van der Waals surface area contributed by atoms with Crippen LogP contribution in [-0.2, 0) is 9.84 Å². The van der Waals surface area contributed by atoms with Crippen molar-refractivity contribution in [2.75, 3.05) is 0 Å². The fraction of sp³-hybridized carbons (Fsp3) is 0.833. The summed E-state index contributed by atoms with van der Waals surface area (Å²) in [6.07, 6.45) is 1.21. The zero-order valence-corrected chi connectivity index (χ0v) is 28.4. The number of hydrogen-bond donors (Lipinski definition) is 2. The Balaban J connectivity index is 1.35. The summed E-state index contributed by atoms with van der Waals surface area (Å²) < 4.78 is 69.3. The Kier molecular flexibility index (Phi) is 8.97. The van der Waals surface area contributed by atoms with Crippen LogP contribution in [0.15, 0.2) is 35.2 Å². The molecule has 4 aliphatic carbocycles. The summed E-state index contributed by atoms with van der Waals surface area (Å²) >= 11 is 0. The summed E-state index contributed by atoms with van der Waals surface area (Å²) in [4.78, 5) is 0.309. The average Bonchev–Trinajstić information content (AvgIpc) is 3.29. The van der Waals surface area contributed by atoms with E-state index in [1.165, 1.54) is 0 Å². The second-order valence-corrected chi connectivity index (χ2v) is 19.2. The molecule has 4 nitrogen and oxygen atoms in total. The van der Waals surface area contributed by atoms with Gasteiger partial charge < -0.3 is 10.2 Å². The van der Waals surface area contributed by atoms with Gasteiger partial charge in [-0.1, -0.05) is 59.7 Å². The van der Waals surface area contributed by atoms with Crippen LogP contribution in [0, 0.1) is 51.8 Å². The molecule has 4 aliphatic rings. The molecule has 0 saturated heterocycles. The molecule has 4 saturated carbocycles. The van der Waals surface area contributed by atoms with Crippen molar-refractivity contribution in [1.82, 2.24) is 0 Å². The lowest BCUT2D eigenvalue weighted by atomic mass is 9.43. The molecule has 5 rings (SSSR count). The number of alkyl halides is 3. The fourth-order valence-corrected chi connectivity index (χ4v) is 12.7. The van der Waals surface area contributed by atoms with Crippen molar-refractivity contribution in [2.24, 2.45) is 51.8 Å². The third kappa shape index (κ3) is 5.80. The molecule has 0 amide bonds. The third-order valence-corrected chi connectivity index (χ3v) is 15.8. The number of fused-ring (bicyclic) bond motifs is 5. The van der Waals surface area contributed by atoms with Crippen LogP contribution in [0.25, 0.3) is 0 Å². The van der Waals surface area contributed by atoms with Gasteiger partial charge in [0.2, 0.25) is 0 Å². The Morgan fingerprint density at radius 3 is 2.14 bits per heavy atom. The van der Waals surface area contributed by atoms with Crippen LogP contribution in [0.5, 0.6) is 0 Å². The Morgan fingerprint density at radius 2 is 1.52 bits per heavy atom. The van der Waals surface area contributed by atoms with Crippen LogP contribution in [0.2, 0.25) is 0 Å². The Labute approximate surface area is 263 Å². The number of aliphatic hydroxyl groups is 2. The maximum Gasteiger partial charge on any atom is 0.417 e. The lowest BCUT2D eigenvalue weighted by Gasteiger charge is -2.62. The molecule has 0 heterocycles. The maximum atomic E-state index is 14.0. The van der Waals surface area contributed by atoms with Gasteiger partial charge in [-0.25, -0.2) is 8.42 Å². The van der Waals surface area contributed by atoms with Crippen molar-refractivity contribution in [3.63, 3.8) is 0 Å². The lowest BCUT2D eigenvalue weighted by Crippen LogP contribution is -2.59. The summed E-state index contributed by atoms with van der Waals surface area (Å²) in [6.45, 7) is 12.7. The van der Waals surface area contributed by atoms with E-state index < -0.39 is 38.4 Å². The second kappa shape index (κ2) is 11.5. The van der Waals surface area contributed by atoms with Gasteiger partial charge in [0.15, 0.2) is 15.4 Å². The molecule has 11 atom stereocenters. The van der Waals surface area contributed by atoms with Crippen molar-refractivity contribution in [2.45, 2.75) is 140 Å². The van der Waals surface area contributed by atoms with Crippen LogP contribution in [-0.4, -0.2) is 41.8 Å². The third-order valence-electron chi connectivity index (χ3n) is 13.6. The number of rotatable bonds is 7. The molecule has 4 fully saturated rings. The molecule has 2 N–H and O–H groups in total. The largest absolute Gasteiger partial charge is 0.417 e. The molecule has 1 aromatic rings. The van der Waals surface area contributed by atoms with Gasteiger partial charge in [-0.15, -0.1) is 0 Å². The van der Waals surface area contributed by atoms with Crippen molar-refractivity contribution in [1.29, 1.82) is 0 Å². The smallest absolute Gasteiger partial charge is 0.393 e. The van der Waals surface area contributed by atoms with Gasteiger partial charge in [-0.3, -0.25) is 0 Å². The van der Waals surface area contributed by atoms with Crippen molar-refractivity contribution in [3.05, 3.63) is 30.3 Å². The highest BCUT2D eigenvalue weighted by atomic mass is 32.2. The van der Waals surface area contributed by atoms with E-state index in [1.807, 2.05) is 26.8 Å². The van der Waals surface area contributed by atoms with E-state index in [9.17, 15) is 31.8 Å². The predicted molar refractivity (Wildman–Crippen MR) is 167 cm³/mol. The molecule has 44 heavy (non-hydrogen) atoms. The van der Waals surface area contributed by atoms with Gasteiger partial charge in [0, 0.05) is 0 Å². The Bertz CT molecular complexity index is 1280. The van der Waals surface area contributed by atoms with Gasteiger partial charge in [0.25, 0.3) is 0 Å². The summed E-state index contributed by atoms with van der Waals surface area (Å²) in [5.41, 5.74) is -3.10. The molecular formula is C36H55F3O4S. The molecule has 0 radical (unpaired) electrons. The molecule has 1 aromatic carbocycles. The van der Waals surface area contributed by atoms with E-state index in [-0.39, 0.29) is 41.9 Å². The van der Waals surface area contributed by atoms with E-state index in [0.29, 0.717) is 41.4 Å². The van der Waals surface area contributed by atoms with Crippen LogP contribution < -0.4 is 0 Å². The van der Waals surface area contributed by atoms with Gasteiger partial charge in [0.05, 0.1) is 16.2 Å². The summed E-state index contributed by atoms with van der Waals surface area (Å²) in [7, 11) is -3.65. The highest BCUT2D eigenvalue weighted by Crippen LogP contribution is 2.69. The predicted octanol–water partition coefficient (Wildman–Crippen LogP) is 8.60. The maximum absolute atomic E-state index is 14.0. The minimum Gasteiger partial charge on any atom is -0.393 e. The summed E-state index contributed by atoms with van der Waals surface area (Å²) in [5.74, 6) is 1.73. The molecule has 2 unspecified atom stereocenters. The SMILES string of the molecule is C[C@H](CC(C[C@@H](O)C(C)(C)C)S(=O)(=O)c1ccccc1)[C@H]1CC[C@H]2[C@@H]3CCC4C[C@](O)(C(F)(F)F)CC[C@]4(C)[C@H]3CC[C@]12C. The normalized spacial score (nSPS) is 39.9. The first-order chi connectivity index (χ1) is 20.2. The Hall–Kier alpha value is -1.12. The highest BCUT2D eigenvalue weighted by molar-refractivity contribution is 7.92. The minimum absolute atomic E-state index is 0.0643. The monoisotopic (exact) mass is 640 g/mol. The van der Waals surface area contributed by atoms with Crippen molar-refractivity contribution < 1.29 is 31.8 Å². The standard InChI is InChI=1S/C36H55F3O4S/c1-23(20-26(21-31(40)32(2,3)4)44(42,43)25-10-8-7-9-11-25)28-14-15-29-27-13-12-24-22-35(41,36(37,38)39)19-18-33(24,5)30(27)16-17-34(28,29)6/h7-11,23-24,26-31,40-41H,12-22H2,1-6H3/t23-,24?,26?,27+,28-,29+,30+,31-,33+,34-,35+/m1/s1. The topological polar surface area (TPSA) is 74.6 Å². The van der Waals surface area contributed by atoms with Crippen LogP contribution in [0.4, 0.5) is 13.2 Å². The lowest BCUT2D eigenvalue weighted by molar-refractivity contribution is -0.290. The summed E-state index contributed by atoms with van der Waals surface area (Å²) in [5, 5.41) is 20.9.